The van der Waals surface area contributed by atoms with Crippen LogP contribution in [0.25, 0.3) is 0 Å². The zero-order valence-electron chi connectivity index (χ0n) is 16.3. The Hall–Kier alpha value is -3.64. The molecule has 6 nitrogen and oxygen atoms in total. The van der Waals surface area contributed by atoms with Gasteiger partial charge in [-0.15, -0.1) is 0 Å². The minimum atomic E-state index is -0.870. The SMILES string of the molecule is COc1ccc(N2O[C@H]3C(=O)N(c4ccccc4)C(=O)[C@@H]3[C@@H]2c2ccccc2)cc1. The number of hydroxylamine groups is 1. The highest BCUT2D eigenvalue weighted by molar-refractivity contribution is 6.23. The van der Waals surface area contributed by atoms with Crippen LogP contribution in [-0.4, -0.2) is 25.0 Å². The summed E-state index contributed by atoms with van der Waals surface area (Å²) in [6.07, 6.45) is -0.870. The van der Waals surface area contributed by atoms with Crippen LogP contribution < -0.4 is 14.7 Å². The molecule has 2 fully saturated rings. The van der Waals surface area contributed by atoms with Gasteiger partial charge in [0.2, 0.25) is 5.91 Å². The summed E-state index contributed by atoms with van der Waals surface area (Å²) in [5, 5.41) is 1.68. The van der Waals surface area contributed by atoms with Gasteiger partial charge in [-0.3, -0.25) is 14.4 Å². The third-order valence-corrected chi connectivity index (χ3v) is 5.60. The zero-order valence-corrected chi connectivity index (χ0v) is 16.3. The predicted octanol–water partition coefficient (Wildman–Crippen LogP) is 3.75. The topological polar surface area (TPSA) is 59.1 Å². The van der Waals surface area contributed by atoms with Gasteiger partial charge in [-0.2, -0.15) is 0 Å². The Morgan fingerprint density at radius 1 is 0.767 bits per heavy atom. The highest BCUT2D eigenvalue weighted by Gasteiger charge is 2.60. The van der Waals surface area contributed by atoms with E-state index in [2.05, 4.69) is 0 Å². The Bertz CT molecular complexity index is 1070. The second kappa shape index (κ2) is 7.31. The number of fused-ring (bicyclic) bond motifs is 1. The van der Waals surface area contributed by atoms with E-state index in [9.17, 15) is 9.59 Å². The van der Waals surface area contributed by atoms with E-state index in [1.54, 1.807) is 24.3 Å². The number of benzene rings is 3. The lowest BCUT2D eigenvalue weighted by atomic mass is 9.90. The Morgan fingerprint density at radius 2 is 1.40 bits per heavy atom. The molecule has 0 aliphatic carbocycles. The second-order valence-electron chi connectivity index (χ2n) is 7.28. The molecule has 0 saturated carbocycles. The molecule has 3 aromatic carbocycles. The smallest absolute Gasteiger partial charge is 0.266 e. The number of methoxy groups -OCH3 is 1. The Kier molecular flexibility index (Phi) is 4.48. The van der Waals surface area contributed by atoms with Crippen LogP contribution in [0, 0.1) is 5.92 Å². The van der Waals surface area contributed by atoms with Gasteiger partial charge in [-0.25, -0.2) is 9.96 Å². The van der Waals surface area contributed by atoms with E-state index in [4.69, 9.17) is 9.57 Å². The van der Waals surface area contributed by atoms with Gasteiger partial charge in [0.25, 0.3) is 5.91 Å². The van der Waals surface area contributed by atoms with Gasteiger partial charge in [0, 0.05) is 0 Å². The van der Waals surface area contributed by atoms with Crippen LogP contribution in [0.4, 0.5) is 11.4 Å². The van der Waals surface area contributed by atoms with Crippen molar-refractivity contribution < 1.29 is 19.2 Å². The van der Waals surface area contributed by atoms with Crippen LogP contribution in [0.3, 0.4) is 0 Å². The van der Waals surface area contributed by atoms with Crippen molar-refractivity contribution in [1.82, 2.24) is 0 Å². The molecule has 0 bridgehead atoms. The summed E-state index contributed by atoms with van der Waals surface area (Å²) in [4.78, 5) is 34.0. The predicted molar refractivity (Wildman–Crippen MR) is 112 cm³/mol. The molecule has 0 N–H and O–H groups in total. The van der Waals surface area contributed by atoms with Gasteiger partial charge in [-0.1, -0.05) is 48.5 Å². The standard InChI is InChI=1S/C24H20N2O4/c1-29-19-14-12-18(13-15-19)26-21(16-8-4-2-5-9-16)20-22(30-26)24(28)25(23(20)27)17-10-6-3-7-11-17/h2-15,20-22H,1H3/t20-,21+,22-/m1/s1. The molecule has 0 radical (unpaired) electrons. The largest absolute Gasteiger partial charge is 0.497 e. The van der Waals surface area contributed by atoms with Gasteiger partial charge in [-0.05, 0) is 42.0 Å². The van der Waals surface area contributed by atoms with Crippen LogP contribution >= 0.6 is 0 Å². The monoisotopic (exact) mass is 400 g/mol. The molecule has 2 aliphatic rings. The van der Waals surface area contributed by atoms with Gasteiger partial charge >= 0.3 is 0 Å². The van der Waals surface area contributed by atoms with Crippen molar-refractivity contribution in [3.8, 4) is 5.75 Å². The first-order valence-electron chi connectivity index (χ1n) is 9.77. The zero-order chi connectivity index (χ0) is 20.7. The molecular formula is C24H20N2O4. The van der Waals surface area contributed by atoms with Crippen molar-refractivity contribution in [2.24, 2.45) is 5.92 Å². The summed E-state index contributed by atoms with van der Waals surface area (Å²) in [5.74, 6) is -0.506. The third kappa shape index (κ3) is 2.84. The number of rotatable bonds is 4. The highest BCUT2D eigenvalue weighted by Crippen LogP contribution is 2.47. The summed E-state index contributed by atoms with van der Waals surface area (Å²) in [6.45, 7) is 0. The number of hydrogen-bond acceptors (Lipinski definition) is 5. The summed E-state index contributed by atoms with van der Waals surface area (Å²) in [5.41, 5.74) is 2.23. The minimum absolute atomic E-state index is 0.249. The molecule has 0 spiro atoms. The molecule has 2 amide bonds. The molecule has 2 aliphatic heterocycles. The number of hydrogen-bond donors (Lipinski definition) is 0. The van der Waals surface area contributed by atoms with E-state index >= 15 is 0 Å². The van der Waals surface area contributed by atoms with Crippen LogP contribution in [0.15, 0.2) is 84.9 Å². The first-order chi connectivity index (χ1) is 14.7. The second-order valence-corrected chi connectivity index (χ2v) is 7.28. The van der Waals surface area contributed by atoms with Crippen LogP contribution in [-0.2, 0) is 14.4 Å². The molecular weight excluding hydrogens is 380 g/mol. The molecule has 3 aromatic rings. The van der Waals surface area contributed by atoms with E-state index in [0.717, 1.165) is 17.0 Å². The summed E-state index contributed by atoms with van der Waals surface area (Å²) in [7, 11) is 1.61. The van der Waals surface area contributed by atoms with E-state index < -0.39 is 18.1 Å². The summed E-state index contributed by atoms with van der Waals surface area (Å²) >= 11 is 0. The van der Waals surface area contributed by atoms with Crippen LogP contribution in [0.5, 0.6) is 5.75 Å². The fourth-order valence-corrected chi connectivity index (χ4v) is 4.19. The lowest BCUT2D eigenvalue weighted by molar-refractivity contribution is -0.126. The van der Waals surface area contributed by atoms with Gasteiger partial charge in [0.1, 0.15) is 11.7 Å². The van der Waals surface area contributed by atoms with E-state index in [-0.39, 0.29) is 11.8 Å². The first kappa shape index (κ1) is 18.4. The number of ether oxygens (including phenoxy) is 1. The number of para-hydroxylation sites is 1. The van der Waals surface area contributed by atoms with Crippen molar-refractivity contribution in [3.05, 3.63) is 90.5 Å². The average Bonchev–Trinajstić information content (AvgIpc) is 3.31. The normalized spacial score (nSPS) is 23.0. The fourth-order valence-electron chi connectivity index (χ4n) is 4.19. The quantitative estimate of drug-likeness (QED) is 0.625. The van der Waals surface area contributed by atoms with Crippen molar-refractivity contribution in [1.29, 1.82) is 0 Å². The Balaban J connectivity index is 1.56. The van der Waals surface area contributed by atoms with Crippen molar-refractivity contribution in [2.45, 2.75) is 12.1 Å². The molecule has 2 saturated heterocycles. The number of nitrogens with zero attached hydrogens (tertiary/aromatic N) is 2. The highest BCUT2D eigenvalue weighted by atomic mass is 16.7. The Labute approximate surface area is 174 Å². The summed E-state index contributed by atoms with van der Waals surface area (Å²) < 4.78 is 5.24. The molecule has 150 valence electrons. The third-order valence-electron chi connectivity index (χ3n) is 5.60. The summed E-state index contributed by atoms with van der Waals surface area (Å²) in [6, 6.07) is 25.6. The molecule has 0 unspecified atom stereocenters. The van der Waals surface area contributed by atoms with Gasteiger partial charge < -0.3 is 4.74 Å². The van der Waals surface area contributed by atoms with E-state index in [1.807, 2.05) is 72.8 Å². The molecule has 3 atom stereocenters. The minimum Gasteiger partial charge on any atom is -0.497 e. The number of carbonyl (C=O) groups excluding carboxylic acids is 2. The van der Waals surface area contributed by atoms with E-state index in [0.29, 0.717) is 5.69 Å². The maximum Gasteiger partial charge on any atom is 0.266 e. The molecule has 30 heavy (non-hydrogen) atoms. The van der Waals surface area contributed by atoms with Crippen molar-refractivity contribution >= 4 is 23.2 Å². The molecule has 2 heterocycles. The number of amides is 2. The van der Waals surface area contributed by atoms with E-state index in [1.165, 1.54) is 4.90 Å². The van der Waals surface area contributed by atoms with Crippen LogP contribution in [0.2, 0.25) is 0 Å². The number of imide groups is 1. The molecule has 6 heteroatoms. The fraction of sp³-hybridized carbons (Fsp3) is 0.167. The van der Waals surface area contributed by atoms with Gasteiger partial charge in [0.05, 0.1) is 24.5 Å². The van der Waals surface area contributed by atoms with Crippen molar-refractivity contribution in [2.75, 3.05) is 17.1 Å². The molecule has 0 aromatic heterocycles. The lowest BCUT2D eigenvalue weighted by Gasteiger charge is -2.28. The van der Waals surface area contributed by atoms with Crippen molar-refractivity contribution in [3.63, 3.8) is 0 Å². The maximum atomic E-state index is 13.4. The average molecular weight is 400 g/mol. The van der Waals surface area contributed by atoms with Crippen LogP contribution in [0.1, 0.15) is 11.6 Å². The molecule has 5 rings (SSSR count). The maximum absolute atomic E-state index is 13.4. The lowest BCUT2D eigenvalue weighted by Crippen LogP contribution is -2.37. The first-order valence-corrected chi connectivity index (χ1v) is 9.77. The Morgan fingerprint density at radius 3 is 2.03 bits per heavy atom. The number of anilines is 2. The number of carbonyl (C=O) groups is 2. The van der Waals surface area contributed by atoms with Gasteiger partial charge in [0.15, 0.2) is 6.10 Å².